The number of piperazine rings is 1. The van der Waals surface area contributed by atoms with Gasteiger partial charge in [0.1, 0.15) is 0 Å². The number of methoxy groups -OCH3 is 3. The Hall–Kier alpha value is -2.54. The van der Waals surface area contributed by atoms with Crippen LogP contribution in [0.3, 0.4) is 0 Å². The van der Waals surface area contributed by atoms with E-state index < -0.39 is 0 Å². The Kier molecular flexibility index (Phi) is 6.12. The average molecular weight is 358 g/mol. The number of hydrogen-bond acceptors (Lipinski definition) is 7. The lowest BCUT2D eigenvalue weighted by Gasteiger charge is -2.34. The van der Waals surface area contributed by atoms with Gasteiger partial charge >= 0.3 is 0 Å². The molecule has 1 fully saturated rings. The molecule has 0 radical (unpaired) electrons. The summed E-state index contributed by atoms with van der Waals surface area (Å²) < 4.78 is 16.3. The Balaban J connectivity index is 1.57. The molecule has 0 atom stereocenters. The van der Waals surface area contributed by atoms with Crippen molar-refractivity contribution in [1.82, 2.24) is 14.9 Å². The van der Waals surface area contributed by atoms with Gasteiger partial charge in [-0.3, -0.25) is 4.90 Å². The van der Waals surface area contributed by atoms with Crippen LogP contribution in [0.5, 0.6) is 17.2 Å². The summed E-state index contributed by atoms with van der Waals surface area (Å²) in [6, 6.07) is 5.89. The fourth-order valence-corrected chi connectivity index (χ4v) is 3.19. The van der Waals surface area contributed by atoms with Gasteiger partial charge in [0.2, 0.25) is 11.7 Å². The molecule has 2 heterocycles. The van der Waals surface area contributed by atoms with Crippen molar-refractivity contribution in [3.05, 3.63) is 36.2 Å². The topological polar surface area (TPSA) is 60.0 Å². The number of rotatable bonds is 7. The van der Waals surface area contributed by atoms with E-state index in [2.05, 4.69) is 19.8 Å². The van der Waals surface area contributed by atoms with Gasteiger partial charge in [0.25, 0.3) is 0 Å². The minimum Gasteiger partial charge on any atom is -0.493 e. The molecule has 0 unspecified atom stereocenters. The number of aromatic nitrogens is 2. The van der Waals surface area contributed by atoms with Crippen LogP contribution in [0.4, 0.5) is 5.95 Å². The third-order valence-corrected chi connectivity index (χ3v) is 4.65. The van der Waals surface area contributed by atoms with Crippen molar-refractivity contribution in [2.24, 2.45) is 0 Å². The van der Waals surface area contributed by atoms with E-state index in [1.165, 1.54) is 5.56 Å². The second kappa shape index (κ2) is 8.71. The maximum atomic E-state index is 5.44. The highest BCUT2D eigenvalue weighted by atomic mass is 16.5. The van der Waals surface area contributed by atoms with Gasteiger partial charge in [-0.15, -0.1) is 0 Å². The Morgan fingerprint density at radius 1 is 0.885 bits per heavy atom. The first kappa shape index (κ1) is 18.3. The van der Waals surface area contributed by atoms with Gasteiger partial charge in [-0.05, 0) is 30.2 Å². The van der Waals surface area contributed by atoms with E-state index in [4.69, 9.17) is 14.2 Å². The number of benzene rings is 1. The van der Waals surface area contributed by atoms with Crippen molar-refractivity contribution in [1.29, 1.82) is 0 Å². The lowest BCUT2D eigenvalue weighted by Crippen LogP contribution is -2.47. The third kappa shape index (κ3) is 4.16. The minimum absolute atomic E-state index is 0.634. The van der Waals surface area contributed by atoms with E-state index in [0.29, 0.717) is 17.2 Å². The number of nitrogens with zero attached hydrogens (tertiary/aromatic N) is 4. The molecular formula is C19H26N4O3. The van der Waals surface area contributed by atoms with Gasteiger partial charge in [0.15, 0.2) is 11.5 Å². The van der Waals surface area contributed by atoms with Crippen LogP contribution in [0.15, 0.2) is 30.6 Å². The lowest BCUT2D eigenvalue weighted by molar-refractivity contribution is 0.259. The largest absolute Gasteiger partial charge is 0.493 e. The zero-order chi connectivity index (χ0) is 18.4. The second-order valence-corrected chi connectivity index (χ2v) is 6.16. The second-order valence-electron chi connectivity index (χ2n) is 6.16. The first-order valence-electron chi connectivity index (χ1n) is 8.78. The summed E-state index contributed by atoms with van der Waals surface area (Å²) in [5, 5.41) is 0. The van der Waals surface area contributed by atoms with E-state index >= 15 is 0 Å². The summed E-state index contributed by atoms with van der Waals surface area (Å²) in [6.45, 7) is 4.88. The molecule has 26 heavy (non-hydrogen) atoms. The molecule has 7 nitrogen and oxygen atoms in total. The molecule has 140 valence electrons. The van der Waals surface area contributed by atoms with Crippen LogP contribution >= 0.6 is 0 Å². The smallest absolute Gasteiger partial charge is 0.225 e. The van der Waals surface area contributed by atoms with Crippen molar-refractivity contribution in [2.75, 3.05) is 59.0 Å². The molecular weight excluding hydrogens is 332 g/mol. The van der Waals surface area contributed by atoms with Gasteiger partial charge in [0.05, 0.1) is 21.3 Å². The summed E-state index contributed by atoms with van der Waals surface area (Å²) in [6.07, 6.45) is 4.51. The van der Waals surface area contributed by atoms with Crippen molar-refractivity contribution in [2.45, 2.75) is 6.42 Å². The van der Waals surface area contributed by atoms with Gasteiger partial charge in [0, 0.05) is 45.1 Å². The van der Waals surface area contributed by atoms with Gasteiger partial charge in [-0.2, -0.15) is 0 Å². The molecule has 0 bridgehead atoms. The molecule has 3 rings (SSSR count). The molecule has 1 aromatic carbocycles. The summed E-state index contributed by atoms with van der Waals surface area (Å²) >= 11 is 0. The van der Waals surface area contributed by atoms with Crippen LogP contribution in [0, 0.1) is 0 Å². The molecule has 7 heteroatoms. The van der Waals surface area contributed by atoms with Crippen LogP contribution in [0.25, 0.3) is 0 Å². The van der Waals surface area contributed by atoms with E-state index in [0.717, 1.165) is 45.1 Å². The third-order valence-electron chi connectivity index (χ3n) is 4.65. The monoisotopic (exact) mass is 358 g/mol. The van der Waals surface area contributed by atoms with Crippen molar-refractivity contribution < 1.29 is 14.2 Å². The Morgan fingerprint density at radius 2 is 1.50 bits per heavy atom. The summed E-state index contributed by atoms with van der Waals surface area (Å²) in [7, 11) is 4.91. The molecule has 0 saturated carbocycles. The fraction of sp³-hybridized carbons (Fsp3) is 0.474. The molecule has 1 aliphatic heterocycles. The first-order valence-corrected chi connectivity index (χ1v) is 8.78. The SMILES string of the molecule is COc1cc(CCN2CCN(c3ncccn3)CC2)cc(OC)c1OC. The van der Waals surface area contributed by atoms with E-state index in [9.17, 15) is 0 Å². The Morgan fingerprint density at radius 3 is 2.04 bits per heavy atom. The van der Waals surface area contributed by atoms with E-state index in [-0.39, 0.29) is 0 Å². The van der Waals surface area contributed by atoms with Crippen LogP contribution in [0.1, 0.15) is 5.56 Å². The molecule has 0 amide bonds. The van der Waals surface area contributed by atoms with Gasteiger partial charge in [-0.1, -0.05) is 0 Å². The molecule has 0 aliphatic carbocycles. The fourth-order valence-electron chi connectivity index (χ4n) is 3.19. The highest BCUT2D eigenvalue weighted by Crippen LogP contribution is 2.38. The van der Waals surface area contributed by atoms with Crippen LogP contribution in [-0.4, -0.2) is 68.9 Å². The zero-order valence-electron chi connectivity index (χ0n) is 15.6. The zero-order valence-corrected chi connectivity index (χ0v) is 15.6. The summed E-state index contributed by atoms with van der Waals surface area (Å²) in [4.78, 5) is 13.4. The lowest BCUT2D eigenvalue weighted by atomic mass is 10.1. The van der Waals surface area contributed by atoms with E-state index in [1.54, 1.807) is 33.7 Å². The van der Waals surface area contributed by atoms with Crippen LogP contribution < -0.4 is 19.1 Å². The quantitative estimate of drug-likeness (QED) is 0.749. The minimum atomic E-state index is 0.634. The molecule has 1 saturated heterocycles. The van der Waals surface area contributed by atoms with Gasteiger partial charge in [-0.25, -0.2) is 9.97 Å². The predicted molar refractivity (Wildman–Crippen MR) is 100 cm³/mol. The molecule has 0 N–H and O–H groups in total. The normalized spacial score (nSPS) is 15.0. The van der Waals surface area contributed by atoms with Crippen LogP contribution in [-0.2, 0) is 6.42 Å². The molecule has 1 aromatic heterocycles. The maximum absolute atomic E-state index is 5.44. The standard InChI is InChI=1S/C19H26N4O3/c1-24-16-13-15(14-17(25-2)18(16)26-3)5-8-22-9-11-23(12-10-22)19-20-6-4-7-21-19/h4,6-7,13-14H,5,8-12H2,1-3H3. The highest BCUT2D eigenvalue weighted by Gasteiger charge is 2.19. The molecule has 0 spiro atoms. The van der Waals surface area contributed by atoms with Crippen molar-refractivity contribution in [3.63, 3.8) is 0 Å². The highest BCUT2D eigenvalue weighted by molar-refractivity contribution is 5.53. The van der Waals surface area contributed by atoms with Crippen LogP contribution in [0.2, 0.25) is 0 Å². The van der Waals surface area contributed by atoms with Gasteiger partial charge < -0.3 is 19.1 Å². The van der Waals surface area contributed by atoms with E-state index in [1.807, 2.05) is 18.2 Å². The predicted octanol–water partition coefficient (Wildman–Crippen LogP) is 1.87. The maximum Gasteiger partial charge on any atom is 0.225 e. The Bertz CT molecular complexity index is 678. The van der Waals surface area contributed by atoms with Crippen molar-refractivity contribution >= 4 is 5.95 Å². The van der Waals surface area contributed by atoms with Crippen molar-refractivity contribution in [3.8, 4) is 17.2 Å². The molecule has 2 aromatic rings. The molecule has 1 aliphatic rings. The summed E-state index contributed by atoms with van der Waals surface area (Å²) in [5.74, 6) is 2.85. The first-order chi connectivity index (χ1) is 12.7. The Labute approximate surface area is 154 Å². The average Bonchev–Trinajstić information content (AvgIpc) is 2.72. The number of hydrogen-bond donors (Lipinski definition) is 0. The summed E-state index contributed by atoms with van der Waals surface area (Å²) in [5.41, 5.74) is 1.17. The number of anilines is 1. The number of ether oxygens (including phenoxy) is 3.